The molecule has 2 heterocycles. The van der Waals surface area contributed by atoms with Gasteiger partial charge in [0, 0.05) is 11.1 Å². The van der Waals surface area contributed by atoms with Gasteiger partial charge in [-0.15, -0.1) is 0 Å². The SMILES string of the molecule is CC1(C)OB(c2ccc(-c3ccc4c(c3)C3(c5ccccc5Oc5ccccc53)c3ccccc3-4)cc2)OC1(C)C. The summed E-state index contributed by atoms with van der Waals surface area (Å²) in [6.07, 6.45) is 0. The lowest BCUT2D eigenvalue weighted by atomic mass is 9.66. The zero-order valence-corrected chi connectivity index (χ0v) is 23.8. The molecule has 3 nitrogen and oxygen atoms in total. The lowest BCUT2D eigenvalue weighted by Gasteiger charge is -2.39. The van der Waals surface area contributed by atoms with Gasteiger partial charge in [0.2, 0.25) is 0 Å². The molecule has 1 saturated heterocycles. The Hall–Kier alpha value is -4.12. The molecule has 5 aromatic rings. The van der Waals surface area contributed by atoms with Crippen LogP contribution in [0, 0.1) is 0 Å². The van der Waals surface area contributed by atoms with Crippen molar-refractivity contribution in [2.24, 2.45) is 0 Å². The van der Waals surface area contributed by atoms with Crippen LogP contribution in [0.2, 0.25) is 0 Å². The maximum atomic E-state index is 6.48. The zero-order chi connectivity index (χ0) is 28.0. The molecule has 0 amide bonds. The highest BCUT2D eigenvalue weighted by atomic mass is 16.7. The number of benzene rings is 5. The fraction of sp³-hybridized carbons (Fsp3) is 0.189. The van der Waals surface area contributed by atoms with Gasteiger partial charge in [-0.25, -0.2) is 0 Å². The number of ether oxygens (including phenoxy) is 1. The quantitative estimate of drug-likeness (QED) is 0.210. The molecule has 8 rings (SSSR count). The molecule has 0 radical (unpaired) electrons. The molecule has 0 saturated carbocycles. The molecule has 0 N–H and O–H groups in total. The van der Waals surface area contributed by atoms with Crippen LogP contribution in [0.25, 0.3) is 22.3 Å². The van der Waals surface area contributed by atoms with Crippen LogP contribution in [0.5, 0.6) is 11.5 Å². The Morgan fingerprint density at radius 2 is 1.00 bits per heavy atom. The Morgan fingerprint density at radius 3 is 1.63 bits per heavy atom. The number of hydrogen-bond acceptors (Lipinski definition) is 3. The molecule has 3 aliphatic rings. The van der Waals surface area contributed by atoms with E-state index in [1.807, 2.05) is 0 Å². The smallest absolute Gasteiger partial charge is 0.457 e. The van der Waals surface area contributed by atoms with E-state index in [1.54, 1.807) is 0 Å². The lowest BCUT2D eigenvalue weighted by Crippen LogP contribution is -2.41. The third-order valence-corrected chi connectivity index (χ3v) is 9.62. The van der Waals surface area contributed by atoms with Crippen molar-refractivity contribution in [1.29, 1.82) is 0 Å². The first-order valence-corrected chi connectivity index (χ1v) is 14.4. The van der Waals surface area contributed by atoms with Crippen LogP contribution in [0.1, 0.15) is 49.9 Å². The van der Waals surface area contributed by atoms with Crippen LogP contribution in [0.15, 0.2) is 115 Å². The van der Waals surface area contributed by atoms with Crippen molar-refractivity contribution in [2.45, 2.75) is 44.3 Å². The van der Waals surface area contributed by atoms with Gasteiger partial charge in [0.05, 0.1) is 16.6 Å². The van der Waals surface area contributed by atoms with Crippen molar-refractivity contribution in [3.05, 3.63) is 138 Å². The molecule has 4 heteroatoms. The third kappa shape index (κ3) is 3.35. The Morgan fingerprint density at radius 1 is 0.488 bits per heavy atom. The van der Waals surface area contributed by atoms with Gasteiger partial charge >= 0.3 is 7.12 Å². The fourth-order valence-electron chi connectivity index (χ4n) is 6.85. The first-order chi connectivity index (χ1) is 19.8. The molecule has 41 heavy (non-hydrogen) atoms. The summed E-state index contributed by atoms with van der Waals surface area (Å²) in [6, 6.07) is 41.4. The van der Waals surface area contributed by atoms with Gasteiger partial charge in [0.15, 0.2) is 0 Å². The zero-order valence-electron chi connectivity index (χ0n) is 23.8. The van der Waals surface area contributed by atoms with Crippen molar-refractivity contribution >= 4 is 12.6 Å². The van der Waals surface area contributed by atoms with Gasteiger partial charge in [0.25, 0.3) is 0 Å². The van der Waals surface area contributed by atoms with Crippen LogP contribution < -0.4 is 10.2 Å². The van der Waals surface area contributed by atoms with Crippen LogP contribution in [-0.2, 0) is 14.7 Å². The molecule has 0 bridgehead atoms. The third-order valence-electron chi connectivity index (χ3n) is 9.62. The highest BCUT2D eigenvalue weighted by molar-refractivity contribution is 6.62. The average Bonchev–Trinajstić information content (AvgIpc) is 3.39. The van der Waals surface area contributed by atoms with Crippen LogP contribution in [0.3, 0.4) is 0 Å². The summed E-state index contributed by atoms with van der Waals surface area (Å²) in [7, 11) is -0.373. The van der Waals surface area contributed by atoms with E-state index in [0.717, 1.165) is 22.5 Å². The minimum absolute atomic E-state index is 0.365. The van der Waals surface area contributed by atoms with Crippen LogP contribution >= 0.6 is 0 Å². The van der Waals surface area contributed by atoms with Gasteiger partial charge in [-0.1, -0.05) is 97.1 Å². The molecule has 0 unspecified atom stereocenters. The van der Waals surface area contributed by atoms with Gasteiger partial charge < -0.3 is 14.0 Å². The minimum atomic E-state index is -0.462. The van der Waals surface area contributed by atoms with Gasteiger partial charge in [0.1, 0.15) is 11.5 Å². The maximum Gasteiger partial charge on any atom is 0.494 e. The van der Waals surface area contributed by atoms with Crippen molar-refractivity contribution in [2.75, 3.05) is 0 Å². The van der Waals surface area contributed by atoms with Gasteiger partial charge in [-0.05, 0) is 84.7 Å². The van der Waals surface area contributed by atoms with Crippen molar-refractivity contribution in [3.63, 3.8) is 0 Å². The Balaban J connectivity index is 1.29. The number of rotatable bonds is 2. The summed E-state index contributed by atoms with van der Waals surface area (Å²) in [6.45, 7) is 8.36. The number of para-hydroxylation sites is 2. The topological polar surface area (TPSA) is 27.7 Å². The molecule has 2 aliphatic heterocycles. The number of fused-ring (bicyclic) bond motifs is 9. The van der Waals surface area contributed by atoms with E-state index in [4.69, 9.17) is 14.0 Å². The summed E-state index contributed by atoms with van der Waals surface area (Å²) in [5, 5.41) is 0. The normalized spacial score (nSPS) is 18.3. The highest BCUT2D eigenvalue weighted by Crippen LogP contribution is 2.62. The van der Waals surface area contributed by atoms with Crippen molar-refractivity contribution in [1.82, 2.24) is 0 Å². The molecular weight excluding hydrogens is 503 g/mol. The second-order valence-electron chi connectivity index (χ2n) is 12.4. The Labute approximate surface area is 241 Å². The predicted octanol–water partition coefficient (Wildman–Crippen LogP) is 8.12. The van der Waals surface area contributed by atoms with E-state index in [0.29, 0.717) is 0 Å². The molecule has 0 atom stereocenters. The summed E-state index contributed by atoms with van der Waals surface area (Å²) in [5.41, 5.74) is 9.66. The lowest BCUT2D eigenvalue weighted by molar-refractivity contribution is 0.00578. The second kappa shape index (κ2) is 8.45. The molecule has 5 aromatic carbocycles. The van der Waals surface area contributed by atoms with Crippen molar-refractivity contribution in [3.8, 4) is 33.8 Å². The first kappa shape index (κ1) is 24.7. The summed E-state index contributed by atoms with van der Waals surface area (Å²) in [5.74, 6) is 1.82. The summed E-state index contributed by atoms with van der Waals surface area (Å²) < 4.78 is 19.1. The van der Waals surface area contributed by atoms with Gasteiger partial charge in [-0.3, -0.25) is 0 Å². The maximum absolute atomic E-state index is 6.48. The first-order valence-electron chi connectivity index (χ1n) is 14.4. The molecule has 200 valence electrons. The van der Waals surface area contributed by atoms with E-state index in [9.17, 15) is 0 Å². The largest absolute Gasteiger partial charge is 0.494 e. The predicted molar refractivity (Wildman–Crippen MR) is 165 cm³/mol. The number of hydrogen-bond donors (Lipinski definition) is 0. The van der Waals surface area contributed by atoms with E-state index < -0.39 is 5.41 Å². The van der Waals surface area contributed by atoms with E-state index in [1.165, 1.54) is 38.9 Å². The van der Waals surface area contributed by atoms with Crippen LogP contribution in [-0.4, -0.2) is 18.3 Å². The van der Waals surface area contributed by atoms with E-state index >= 15 is 0 Å². The van der Waals surface area contributed by atoms with E-state index in [2.05, 4.69) is 143 Å². The second-order valence-corrected chi connectivity index (χ2v) is 12.4. The van der Waals surface area contributed by atoms with E-state index in [-0.39, 0.29) is 18.3 Å². The fourth-order valence-corrected chi connectivity index (χ4v) is 6.85. The summed E-state index contributed by atoms with van der Waals surface area (Å²) >= 11 is 0. The highest BCUT2D eigenvalue weighted by Gasteiger charge is 2.52. The molecule has 1 spiro atoms. The molecule has 1 aliphatic carbocycles. The monoisotopic (exact) mass is 534 g/mol. The average molecular weight is 534 g/mol. The van der Waals surface area contributed by atoms with Crippen LogP contribution in [0.4, 0.5) is 0 Å². The Kier molecular flexibility index (Phi) is 5.08. The standard InChI is InChI=1S/C37H31BO3/c1-35(2)36(3,4)41-38(40-35)26-20-17-24(18-21-26)25-19-22-28-27-11-5-6-12-29(27)37(32(28)23-25)30-13-7-9-15-33(30)39-34-16-10-8-14-31(34)37/h5-23H,1-4H3. The molecular formula is C37H31BO3. The Bertz CT molecular complexity index is 1770. The molecule has 0 aromatic heterocycles. The minimum Gasteiger partial charge on any atom is -0.457 e. The molecule has 1 fully saturated rings. The van der Waals surface area contributed by atoms with Gasteiger partial charge in [-0.2, -0.15) is 0 Å². The summed E-state index contributed by atoms with van der Waals surface area (Å²) in [4.78, 5) is 0. The van der Waals surface area contributed by atoms with Crippen molar-refractivity contribution < 1.29 is 14.0 Å².